The summed E-state index contributed by atoms with van der Waals surface area (Å²) in [4.78, 5) is 15.6. The molecule has 8 rings (SSSR count). The monoisotopic (exact) mass is 501 g/mol. The maximum atomic E-state index is 6.30. The second-order valence-electron chi connectivity index (χ2n) is 9.87. The highest BCUT2D eigenvalue weighted by Crippen LogP contribution is 2.41. The fourth-order valence-electron chi connectivity index (χ4n) is 5.43. The molecule has 2 aliphatic carbocycles. The van der Waals surface area contributed by atoms with Gasteiger partial charge < -0.3 is 5.73 Å². The average molecular weight is 502 g/mol. The second-order valence-corrected chi connectivity index (χ2v) is 9.87. The quantitative estimate of drug-likeness (QED) is 0.379. The Kier molecular flexibility index (Phi) is 4.48. The van der Waals surface area contributed by atoms with E-state index in [2.05, 4.69) is 49.9 Å². The first-order valence-electron chi connectivity index (χ1n) is 12.7. The number of hydrogen-bond donors (Lipinski definition) is 1. The Bertz CT molecular complexity index is 1810. The lowest BCUT2D eigenvalue weighted by atomic mass is 10.1. The third-order valence-electron chi connectivity index (χ3n) is 7.47. The van der Waals surface area contributed by atoms with Crippen LogP contribution < -0.4 is 5.73 Å². The molecule has 0 amide bonds. The number of hydrogen-bond acceptors (Lipinski definition) is 8. The minimum Gasteiger partial charge on any atom is -0.383 e. The number of imidazole rings is 1. The van der Waals surface area contributed by atoms with E-state index in [9.17, 15) is 0 Å². The third kappa shape index (κ3) is 3.31. The molecule has 2 aliphatic rings. The van der Waals surface area contributed by atoms with E-state index in [0.29, 0.717) is 29.0 Å². The Morgan fingerprint density at radius 1 is 0.921 bits per heavy atom. The Morgan fingerprint density at radius 3 is 2.66 bits per heavy atom. The van der Waals surface area contributed by atoms with Crippen molar-refractivity contribution in [2.24, 2.45) is 0 Å². The van der Waals surface area contributed by atoms with Crippen LogP contribution in [0.1, 0.15) is 48.0 Å². The lowest BCUT2D eigenvalue weighted by Crippen LogP contribution is -2.08. The van der Waals surface area contributed by atoms with Gasteiger partial charge in [-0.15, -0.1) is 9.90 Å². The van der Waals surface area contributed by atoms with Gasteiger partial charge in [-0.3, -0.25) is 4.57 Å². The van der Waals surface area contributed by atoms with E-state index in [1.807, 2.05) is 33.5 Å². The van der Waals surface area contributed by atoms with Crippen LogP contribution in [0.4, 0.5) is 5.82 Å². The molecule has 186 valence electrons. The average Bonchev–Trinajstić information content (AvgIpc) is 3.35. The van der Waals surface area contributed by atoms with Gasteiger partial charge in [-0.05, 0) is 73.2 Å². The van der Waals surface area contributed by atoms with Crippen molar-refractivity contribution in [1.82, 2.24) is 49.5 Å². The maximum Gasteiger partial charge on any atom is 0.176 e. The summed E-state index contributed by atoms with van der Waals surface area (Å²) in [5, 5.41) is 17.4. The molecule has 1 saturated carbocycles. The minimum atomic E-state index is 0.197. The molecule has 1 fully saturated rings. The number of anilines is 1. The van der Waals surface area contributed by atoms with Gasteiger partial charge in [0.15, 0.2) is 17.3 Å². The van der Waals surface area contributed by atoms with Crippen LogP contribution in [0.25, 0.3) is 34.1 Å². The third-order valence-corrected chi connectivity index (χ3v) is 7.47. The molecule has 1 atom stereocenters. The van der Waals surface area contributed by atoms with Crippen molar-refractivity contribution < 1.29 is 0 Å². The molecule has 5 aromatic heterocycles. The molecule has 11 nitrogen and oxygen atoms in total. The zero-order chi connectivity index (χ0) is 25.2. The molecule has 11 heteroatoms. The number of benzene rings is 1. The highest BCUT2D eigenvalue weighted by molar-refractivity contribution is 5.83. The van der Waals surface area contributed by atoms with Gasteiger partial charge in [-0.2, -0.15) is 10.2 Å². The number of rotatable bonds is 5. The number of nitrogen functional groups attached to an aromatic ring is 1. The lowest BCUT2D eigenvalue weighted by Gasteiger charge is -2.14. The largest absolute Gasteiger partial charge is 0.383 e. The summed E-state index contributed by atoms with van der Waals surface area (Å²) in [6.07, 6.45) is 11.5. The molecular weight excluding hydrogens is 478 g/mol. The molecule has 6 aromatic rings. The highest BCUT2D eigenvalue weighted by atomic mass is 15.5. The van der Waals surface area contributed by atoms with Gasteiger partial charge in [-0.1, -0.05) is 11.3 Å². The SMILES string of the molecule is Nc1ncccc1-c1nc2ccc(-n3nccn3)nc2n1-c1ccc2c(c1)CC[C@@H]2n1cc(C2CC2)nn1. The molecule has 0 unspecified atom stereocenters. The first-order valence-corrected chi connectivity index (χ1v) is 12.7. The van der Waals surface area contributed by atoms with Crippen LogP contribution in [0, 0.1) is 0 Å². The van der Waals surface area contributed by atoms with Gasteiger partial charge >= 0.3 is 0 Å². The Labute approximate surface area is 217 Å². The fraction of sp³-hybridized carbons (Fsp3) is 0.222. The van der Waals surface area contributed by atoms with E-state index < -0.39 is 0 Å². The number of nitrogens with two attached hydrogens (primary N) is 1. The van der Waals surface area contributed by atoms with Gasteiger partial charge in [0, 0.05) is 24.0 Å². The smallest absolute Gasteiger partial charge is 0.176 e. The summed E-state index contributed by atoms with van der Waals surface area (Å²) in [5.74, 6) is 2.29. The Balaban J connectivity index is 1.28. The van der Waals surface area contributed by atoms with Crippen molar-refractivity contribution in [1.29, 1.82) is 0 Å². The number of nitrogens with zero attached hydrogens (tertiary/aromatic N) is 10. The van der Waals surface area contributed by atoms with E-state index in [1.54, 1.807) is 18.6 Å². The molecule has 0 spiro atoms. The maximum absolute atomic E-state index is 6.30. The van der Waals surface area contributed by atoms with Gasteiger partial charge in [-0.25, -0.2) is 19.6 Å². The molecule has 0 radical (unpaired) electrons. The summed E-state index contributed by atoms with van der Waals surface area (Å²) in [5.41, 5.74) is 13.1. The first kappa shape index (κ1) is 21.2. The summed E-state index contributed by atoms with van der Waals surface area (Å²) in [6, 6.07) is 14.3. The predicted molar refractivity (Wildman–Crippen MR) is 140 cm³/mol. The van der Waals surface area contributed by atoms with Crippen LogP contribution in [0.15, 0.2) is 67.3 Å². The van der Waals surface area contributed by atoms with Crippen molar-refractivity contribution in [3.63, 3.8) is 0 Å². The van der Waals surface area contributed by atoms with E-state index >= 15 is 0 Å². The molecule has 5 heterocycles. The zero-order valence-corrected chi connectivity index (χ0v) is 20.4. The Hall–Kier alpha value is -4.93. The van der Waals surface area contributed by atoms with Crippen molar-refractivity contribution in [2.75, 3.05) is 5.73 Å². The predicted octanol–water partition coefficient (Wildman–Crippen LogP) is 3.65. The van der Waals surface area contributed by atoms with Crippen molar-refractivity contribution in [3.05, 3.63) is 84.1 Å². The van der Waals surface area contributed by atoms with E-state index in [4.69, 9.17) is 15.7 Å². The topological polar surface area (TPSA) is 131 Å². The lowest BCUT2D eigenvalue weighted by molar-refractivity contribution is 0.504. The normalized spacial score (nSPS) is 16.8. The van der Waals surface area contributed by atoms with Gasteiger partial charge in [0.05, 0.1) is 29.7 Å². The van der Waals surface area contributed by atoms with Gasteiger partial charge in [0.2, 0.25) is 0 Å². The summed E-state index contributed by atoms with van der Waals surface area (Å²) < 4.78 is 4.09. The van der Waals surface area contributed by atoms with E-state index in [0.717, 1.165) is 35.3 Å². The summed E-state index contributed by atoms with van der Waals surface area (Å²) in [6.45, 7) is 0. The number of fused-ring (bicyclic) bond motifs is 2. The van der Waals surface area contributed by atoms with E-state index in [1.165, 1.54) is 28.8 Å². The van der Waals surface area contributed by atoms with Crippen LogP contribution in [0.2, 0.25) is 0 Å². The standard InChI is InChI=1S/C27H23N11/c28-25-20(2-1-11-29-25)26-32-21-8-10-24(38-30-12-13-31-38)33-27(21)37(26)18-6-7-19-17(14-18)5-9-23(19)36-15-22(34-35-36)16-3-4-16/h1-2,6-8,10-16,23H,3-5,9H2,(H2,28,29)/t23-/m0/s1. The van der Waals surface area contributed by atoms with Crippen LogP contribution in [0.3, 0.4) is 0 Å². The highest BCUT2D eigenvalue weighted by Gasteiger charge is 2.30. The van der Waals surface area contributed by atoms with Gasteiger partial charge in [0.25, 0.3) is 0 Å². The number of aromatic nitrogens is 10. The number of aryl methyl sites for hydroxylation is 1. The minimum absolute atomic E-state index is 0.197. The summed E-state index contributed by atoms with van der Waals surface area (Å²) >= 11 is 0. The zero-order valence-electron chi connectivity index (χ0n) is 20.4. The summed E-state index contributed by atoms with van der Waals surface area (Å²) in [7, 11) is 0. The van der Waals surface area contributed by atoms with Crippen LogP contribution in [-0.4, -0.2) is 49.5 Å². The molecule has 38 heavy (non-hydrogen) atoms. The molecule has 0 saturated heterocycles. The molecule has 0 bridgehead atoms. The van der Waals surface area contributed by atoms with Crippen LogP contribution in [-0.2, 0) is 6.42 Å². The number of pyridine rings is 2. The fourth-order valence-corrected chi connectivity index (χ4v) is 5.43. The van der Waals surface area contributed by atoms with Gasteiger partial charge in [0.1, 0.15) is 11.3 Å². The molecular formula is C27H23N11. The van der Waals surface area contributed by atoms with Crippen molar-refractivity contribution in [2.45, 2.75) is 37.6 Å². The van der Waals surface area contributed by atoms with E-state index in [-0.39, 0.29) is 6.04 Å². The van der Waals surface area contributed by atoms with Crippen LogP contribution in [0.5, 0.6) is 0 Å². The van der Waals surface area contributed by atoms with Crippen molar-refractivity contribution >= 4 is 17.0 Å². The first-order chi connectivity index (χ1) is 18.7. The van der Waals surface area contributed by atoms with Crippen LogP contribution >= 0.6 is 0 Å². The van der Waals surface area contributed by atoms with Crippen molar-refractivity contribution in [3.8, 4) is 22.9 Å². The molecule has 0 aliphatic heterocycles. The molecule has 1 aromatic carbocycles. The molecule has 2 N–H and O–H groups in total. The second kappa shape index (κ2) is 8.04. The Morgan fingerprint density at radius 2 is 1.82 bits per heavy atom.